The van der Waals surface area contributed by atoms with Gasteiger partial charge in [-0.25, -0.2) is 4.98 Å². The number of amides is 1. The molecule has 1 saturated heterocycles. The minimum absolute atomic E-state index is 0.139. The van der Waals surface area contributed by atoms with Crippen molar-refractivity contribution in [2.24, 2.45) is 11.7 Å². The minimum Gasteiger partial charge on any atom is -0.369 e. The first-order valence-corrected chi connectivity index (χ1v) is 9.90. The number of carbonyl (C=O) groups is 1. The molecule has 2 N–H and O–H groups in total. The fourth-order valence-electron chi connectivity index (χ4n) is 3.54. The molecule has 174 valence electrons. The first kappa shape index (κ1) is 23.7. The van der Waals surface area contributed by atoms with E-state index >= 15 is 0 Å². The van der Waals surface area contributed by atoms with Gasteiger partial charge in [0, 0.05) is 37.8 Å². The van der Waals surface area contributed by atoms with Crippen molar-refractivity contribution in [1.82, 2.24) is 4.98 Å². The van der Waals surface area contributed by atoms with Crippen LogP contribution >= 0.6 is 0 Å². The maximum absolute atomic E-state index is 13.2. The number of carbonyl (C=O) groups excluding carboxylic acids is 1. The van der Waals surface area contributed by atoms with E-state index in [0.717, 1.165) is 18.2 Å². The number of hydrogen-bond donors (Lipinski definition) is 1. The van der Waals surface area contributed by atoms with Crippen LogP contribution in [0.4, 0.5) is 37.8 Å². The predicted octanol–water partition coefficient (Wildman–Crippen LogP) is 4.11. The summed E-state index contributed by atoms with van der Waals surface area (Å²) < 4.78 is 77.9. The summed E-state index contributed by atoms with van der Waals surface area (Å²) in [6.07, 6.45) is -8.90. The molecule has 0 aliphatic carbocycles. The number of pyridine rings is 1. The molecule has 1 aromatic heterocycles. The van der Waals surface area contributed by atoms with E-state index in [4.69, 9.17) is 5.73 Å². The molecule has 1 amide bonds. The third-order valence-electron chi connectivity index (χ3n) is 5.40. The molecule has 1 atom stereocenters. The predicted molar refractivity (Wildman–Crippen MR) is 107 cm³/mol. The normalized spacial score (nSPS) is 16.2. The Morgan fingerprint density at radius 2 is 1.50 bits per heavy atom. The summed E-state index contributed by atoms with van der Waals surface area (Å²) in [4.78, 5) is 18.8. The molecule has 3 rings (SSSR count). The summed E-state index contributed by atoms with van der Waals surface area (Å²) in [5.41, 5.74) is 4.59. The van der Waals surface area contributed by atoms with Crippen LogP contribution in [0.2, 0.25) is 0 Å². The second-order valence-electron chi connectivity index (χ2n) is 7.70. The molecule has 5 nitrogen and oxygen atoms in total. The molecule has 2 heterocycles. The molecule has 32 heavy (non-hydrogen) atoms. The highest BCUT2D eigenvalue weighted by atomic mass is 19.4. The summed E-state index contributed by atoms with van der Waals surface area (Å²) in [6.45, 7) is 2.98. The van der Waals surface area contributed by atoms with Crippen LogP contribution in [0.25, 0.3) is 0 Å². The molecule has 1 aromatic carbocycles. The number of nitrogens with two attached hydrogens (primary N) is 1. The first-order chi connectivity index (χ1) is 14.9. The molecule has 0 radical (unpaired) electrons. The van der Waals surface area contributed by atoms with Crippen LogP contribution in [-0.4, -0.2) is 37.1 Å². The molecule has 2 aromatic rings. The van der Waals surface area contributed by atoms with Crippen LogP contribution in [0.5, 0.6) is 0 Å². The Hall–Kier alpha value is -2.98. The fraction of sp³-hybridized carbons (Fsp3) is 0.429. The number of nitrogens with zero attached hydrogens (tertiary/aromatic N) is 3. The van der Waals surface area contributed by atoms with Gasteiger partial charge in [-0.15, -0.1) is 0 Å². The first-order valence-electron chi connectivity index (χ1n) is 9.90. The zero-order valence-electron chi connectivity index (χ0n) is 17.2. The molecule has 0 bridgehead atoms. The van der Waals surface area contributed by atoms with Crippen molar-refractivity contribution in [3.05, 3.63) is 53.2 Å². The van der Waals surface area contributed by atoms with Crippen molar-refractivity contribution in [2.75, 3.05) is 36.0 Å². The quantitative estimate of drug-likeness (QED) is 0.683. The van der Waals surface area contributed by atoms with Gasteiger partial charge in [0.1, 0.15) is 11.5 Å². The summed E-state index contributed by atoms with van der Waals surface area (Å²) in [5, 5.41) is 0. The van der Waals surface area contributed by atoms with Crippen LogP contribution < -0.4 is 15.5 Å². The summed E-state index contributed by atoms with van der Waals surface area (Å²) in [6, 6.07) is 6.94. The summed E-state index contributed by atoms with van der Waals surface area (Å²) in [7, 11) is 0. The lowest BCUT2D eigenvalue weighted by Gasteiger charge is -2.38. The molecule has 1 unspecified atom stereocenters. The van der Waals surface area contributed by atoms with Crippen molar-refractivity contribution in [3.8, 4) is 0 Å². The zero-order chi connectivity index (χ0) is 23.7. The molecule has 1 aliphatic heterocycles. The highest BCUT2D eigenvalue weighted by Gasteiger charge is 2.34. The van der Waals surface area contributed by atoms with Crippen molar-refractivity contribution in [2.45, 2.75) is 25.7 Å². The highest BCUT2D eigenvalue weighted by Crippen LogP contribution is 2.33. The van der Waals surface area contributed by atoms with Crippen LogP contribution in [-0.2, 0) is 23.6 Å². The Morgan fingerprint density at radius 3 is 2.00 bits per heavy atom. The molecular formula is C21H22F6N4O. The summed E-state index contributed by atoms with van der Waals surface area (Å²) in [5.74, 6) is -1.01. The Morgan fingerprint density at radius 1 is 0.938 bits per heavy atom. The fourth-order valence-corrected chi connectivity index (χ4v) is 3.54. The van der Waals surface area contributed by atoms with E-state index in [2.05, 4.69) is 4.98 Å². The van der Waals surface area contributed by atoms with Crippen LogP contribution in [0.15, 0.2) is 36.4 Å². The van der Waals surface area contributed by atoms with Gasteiger partial charge in [-0.2, -0.15) is 26.3 Å². The monoisotopic (exact) mass is 460 g/mol. The van der Waals surface area contributed by atoms with E-state index in [1.165, 1.54) is 18.2 Å². The van der Waals surface area contributed by atoms with Gasteiger partial charge in [-0.3, -0.25) is 4.79 Å². The largest absolute Gasteiger partial charge is 0.433 e. The van der Waals surface area contributed by atoms with Gasteiger partial charge >= 0.3 is 12.4 Å². The lowest BCUT2D eigenvalue weighted by molar-refractivity contribution is -0.141. The standard InChI is InChI=1S/C21H22F6N4O/c1-13(18(28)32)12-14-2-7-17(21(25,26)27)29-19(14)31-10-8-30(9-11-31)16-5-3-15(4-6-16)20(22,23)24/h2-7,13H,8-12H2,1H3,(H2,28,32). The highest BCUT2D eigenvalue weighted by molar-refractivity contribution is 5.76. The molecular weight excluding hydrogens is 438 g/mol. The van der Waals surface area contributed by atoms with Crippen molar-refractivity contribution in [3.63, 3.8) is 0 Å². The van der Waals surface area contributed by atoms with E-state index < -0.39 is 35.4 Å². The Balaban J connectivity index is 1.79. The number of primary amides is 1. The average Bonchev–Trinajstić information content (AvgIpc) is 2.73. The molecule has 0 spiro atoms. The Bertz CT molecular complexity index is 950. The van der Waals surface area contributed by atoms with Gasteiger partial charge in [0.15, 0.2) is 0 Å². The van der Waals surface area contributed by atoms with Gasteiger partial charge in [0.05, 0.1) is 5.56 Å². The number of aromatic nitrogens is 1. The lowest BCUT2D eigenvalue weighted by Crippen LogP contribution is -2.47. The number of hydrogen-bond acceptors (Lipinski definition) is 4. The van der Waals surface area contributed by atoms with Crippen LogP contribution in [0, 0.1) is 5.92 Å². The third-order valence-corrected chi connectivity index (χ3v) is 5.40. The van der Waals surface area contributed by atoms with Crippen molar-refractivity contribution < 1.29 is 31.1 Å². The zero-order valence-corrected chi connectivity index (χ0v) is 17.2. The minimum atomic E-state index is -4.62. The Labute approximate surface area is 180 Å². The van der Waals surface area contributed by atoms with Gasteiger partial charge in [0.2, 0.25) is 5.91 Å². The van der Waals surface area contributed by atoms with Gasteiger partial charge in [0.25, 0.3) is 0 Å². The van der Waals surface area contributed by atoms with E-state index in [-0.39, 0.29) is 12.2 Å². The topological polar surface area (TPSA) is 62.5 Å². The SMILES string of the molecule is CC(Cc1ccc(C(F)(F)F)nc1N1CCN(c2ccc(C(F)(F)F)cc2)CC1)C(N)=O. The van der Waals surface area contributed by atoms with E-state index in [0.29, 0.717) is 37.4 Å². The van der Waals surface area contributed by atoms with Crippen LogP contribution in [0.3, 0.4) is 0 Å². The maximum atomic E-state index is 13.2. The van der Waals surface area contributed by atoms with E-state index in [9.17, 15) is 31.1 Å². The van der Waals surface area contributed by atoms with Gasteiger partial charge < -0.3 is 15.5 Å². The molecule has 1 fully saturated rings. The van der Waals surface area contributed by atoms with E-state index in [1.54, 1.807) is 11.8 Å². The maximum Gasteiger partial charge on any atom is 0.433 e. The second kappa shape index (κ2) is 8.87. The third kappa shape index (κ3) is 5.43. The number of benzene rings is 1. The second-order valence-corrected chi connectivity index (χ2v) is 7.70. The summed E-state index contributed by atoms with van der Waals surface area (Å²) >= 11 is 0. The average molecular weight is 460 g/mol. The molecule has 0 saturated carbocycles. The number of alkyl halides is 6. The van der Waals surface area contributed by atoms with E-state index in [1.807, 2.05) is 4.90 Å². The number of rotatable bonds is 5. The van der Waals surface area contributed by atoms with Crippen molar-refractivity contribution >= 4 is 17.4 Å². The van der Waals surface area contributed by atoms with Gasteiger partial charge in [-0.05, 0) is 42.3 Å². The number of anilines is 2. The molecule has 11 heteroatoms. The smallest absolute Gasteiger partial charge is 0.369 e. The van der Waals surface area contributed by atoms with Crippen molar-refractivity contribution in [1.29, 1.82) is 0 Å². The Kier molecular flexibility index (Phi) is 6.56. The van der Waals surface area contributed by atoms with Gasteiger partial charge in [-0.1, -0.05) is 13.0 Å². The van der Waals surface area contributed by atoms with Crippen LogP contribution in [0.1, 0.15) is 23.7 Å². The number of halogens is 6. The number of piperazine rings is 1. The lowest BCUT2D eigenvalue weighted by atomic mass is 10.00. The molecule has 1 aliphatic rings.